The number of hydrogen-bond donors (Lipinski definition) is 2. The van der Waals surface area contributed by atoms with Gasteiger partial charge in [-0.2, -0.15) is 0 Å². The van der Waals surface area contributed by atoms with Crippen LogP contribution in [0.3, 0.4) is 0 Å². The molecule has 3 rings (SSSR count). The Kier molecular flexibility index (Phi) is 5.04. The Morgan fingerprint density at radius 2 is 2.04 bits per heavy atom. The lowest BCUT2D eigenvalue weighted by molar-refractivity contribution is 0.0706. The molecule has 0 saturated carbocycles. The number of aromatic nitrogens is 1. The topological polar surface area (TPSA) is 60.7 Å². The van der Waals surface area contributed by atoms with Gasteiger partial charge in [0.25, 0.3) is 5.91 Å². The molecule has 0 aromatic carbocycles. The number of likely N-dealkylation sites (tertiary alicyclic amines) is 1. The van der Waals surface area contributed by atoms with Crippen molar-refractivity contribution in [2.45, 2.75) is 45.8 Å². The van der Waals surface area contributed by atoms with Crippen LogP contribution in [0.15, 0.2) is 12.3 Å². The van der Waals surface area contributed by atoms with Crippen LogP contribution in [0.5, 0.6) is 0 Å². The van der Waals surface area contributed by atoms with Crippen LogP contribution in [-0.2, 0) is 13.1 Å². The van der Waals surface area contributed by atoms with Gasteiger partial charge >= 0.3 is 0 Å². The molecule has 2 aliphatic rings. The Morgan fingerprint density at radius 1 is 1.30 bits per heavy atom. The molecule has 1 aromatic rings. The summed E-state index contributed by atoms with van der Waals surface area (Å²) in [5.41, 5.74) is 3.41. The first-order valence-electron chi connectivity index (χ1n) is 8.66. The minimum atomic E-state index is -0.431. The van der Waals surface area contributed by atoms with E-state index >= 15 is 0 Å². The minimum absolute atomic E-state index is 0.431. The van der Waals surface area contributed by atoms with Crippen LogP contribution in [0.25, 0.3) is 0 Å². The lowest BCUT2D eigenvalue weighted by Gasteiger charge is -2.38. The second-order valence-corrected chi connectivity index (χ2v) is 7.16. The van der Waals surface area contributed by atoms with E-state index in [1.165, 1.54) is 25.9 Å². The molecule has 0 aliphatic carbocycles. The Morgan fingerprint density at radius 3 is 2.70 bits per heavy atom. The number of hydrogen-bond acceptors (Lipinski definition) is 4. The van der Waals surface area contributed by atoms with Gasteiger partial charge in [0.15, 0.2) is 0 Å². The maximum absolute atomic E-state index is 11.5. The van der Waals surface area contributed by atoms with Gasteiger partial charge < -0.3 is 9.47 Å². The van der Waals surface area contributed by atoms with Crippen molar-refractivity contribution < 1.29 is 10.0 Å². The first-order chi connectivity index (χ1) is 11.1. The van der Waals surface area contributed by atoms with Gasteiger partial charge in [-0.05, 0) is 51.8 Å². The molecule has 0 bridgehead atoms. The molecule has 0 radical (unpaired) electrons. The largest absolute Gasteiger partial charge is 0.348 e. The number of rotatable bonds is 4. The highest BCUT2D eigenvalue weighted by molar-refractivity contribution is 5.93. The lowest BCUT2D eigenvalue weighted by atomic mass is 9.95. The zero-order valence-corrected chi connectivity index (χ0v) is 14.2. The highest BCUT2D eigenvalue weighted by atomic mass is 16.5. The van der Waals surface area contributed by atoms with E-state index in [0.717, 1.165) is 37.8 Å². The lowest BCUT2D eigenvalue weighted by Crippen LogP contribution is -2.43. The number of fused-ring (bicyclic) bond motifs is 1. The molecule has 2 N–H and O–H groups in total. The summed E-state index contributed by atoms with van der Waals surface area (Å²) in [7, 11) is 0. The number of nitrogens with zero attached hydrogens (tertiary/aromatic N) is 3. The highest BCUT2D eigenvalue weighted by Gasteiger charge is 2.25. The Balaban J connectivity index is 1.54. The van der Waals surface area contributed by atoms with E-state index in [9.17, 15) is 4.79 Å². The zero-order chi connectivity index (χ0) is 16.4. The highest BCUT2D eigenvalue weighted by Crippen LogP contribution is 2.23. The van der Waals surface area contributed by atoms with Gasteiger partial charge in [0.05, 0.1) is 5.56 Å². The monoisotopic (exact) mass is 320 g/mol. The molecule has 128 valence electrons. The van der Waals surface area contributed by atoms with E-state index in [1.807, 2.05) is 12.3 Å². The predicted molar refractivity (Wildman–Crippen MR) is 88.4 cm³/mol. The molecule has 0 atom stereocenters. The summed E-state index contributed by atoms with van der Waals surface area (Å²) in [5.74, 6) is 0.353. The third-order valence-electron chi connectivity index (χ3n) is 5.29. The van der Waals surface area contributed by atoms with Gasteiger partial charge in [0, 0.05) is 44.1 Å². The molecule has 23 heavy (non-hydrogen) atoms. The summed E-state index contributed by atoms with van der Waals surface area (Å²) in [6.07, 6.45) is 4.40. The van der Waals surface area contributed by atoms with Crippen LogP contribution in [0, 0.1) is 5.92 Å². The quantitative estimate of drug-likeness (QED) is 0.653. The van der Waals surface area contributed by atoms with Crippen molar-refractivity contribution in [3.63, 3.8) is 0 Å². The summed E-state index contributed by atoms with van der Waals surface area (Å²) in [4.78, 5) is 16.6. The first kappa shape index (κ1) is 16.5. The maximum atomic E-state index is 11.5. The van der Waals surface area contributed by atoms with Crippen LogP contribution in [0.1, 0.15) is 42.7 Å². The minimum Gasteiger partial charge on any atom is -0.348 e. The zero-order valence-electron chi connectivity index (χ0n) is 14.2. The first-order valence-corrected chi connectivity index (χ1v) is 8.66. The van der Waals surface area contributed by atoms with E-state index in [0.29, 0.717) is 11.6 Å². The van der Waals surface area contributed by atoms with Crippen molar-refractivity contribution in [1.29, 1.82) is 0 Å². The Bertz CT molecular complexity index is 547. The molecule has 0 spiro atoms. The van der Waals surface area contributed by atoms with Gasteiger partial charge in [-0.25, -0.2) is 5.48 Å². The number of carbonyl (C=O) groups excluding carboxylic acids is 1. The van der Waals surface area contributed by atoms with E-state index in [4.69, 9.17) is 5.21 Å². The number of nitrogens with one attached hydrogen (secondary N) is 1. The summed E-state index contributed by atoms with van der Waals surface area (Å²) < 4.78 is 2.13. The van der Waals surface area contributed by atoms with Gasteiger partial charge in [0.2, 0.25) is 0 Å². The Hall–Kier alpha value is -1.37. The summed E-state index contributed by atoms with van der Waals surface area (Å²) in [6.45, 7) is 11.0. The number of carbonyl (C=O) groups is 1. The summed E-state index contributed by atoms with van der Waals surface area (Å²) in [6, 6.07) is 2.55. The van der Waals surface area contributed by atoms with Crippen molar-refractivity contribution in [1.82, 2.24) is 19.8 Å². The summed E-state index contributed by atoms with van der Waals surface area (Å²) >= 11 is 0. The van der Waals surface area contributed by atoms with Crippen molar-refractivity contribution in [2.75, 3.05) is 26.2 Å². The molecule has 1 aromatic heterocycles. The van der Waals surface area contributed by atoms with E-state index in [-0.39, 0.29) is 0 Å². The van der Waals surface area contributed by atoms with E-state index < -0.39 is 5.91 Å². The van der Waals surface area contributed by atoms with Crippen LogP contribution in [0.4, 0.5) is 0 Å². The molecular formula is C17H28N4O2. The van der Waals surface area contributed by atoms with Gasteiger partial charge in [0.1, 0.15) is 0 Å². The number of hydroxylamine groups is 1. The van der Waals surface area contributed by atoms with Crippen LogP contribution in [-0.4, -0.2) is 57.7 Å². The molecule has 3 heterocycles. The molecule has 6 heteroatoms. The maximum Gasteiger partial charge on any atom is 0.276 e. The van der Waals surface area contributed by atoms with Gasteiger partial charge in [-0.1, -0.05) is 0 Å². The van der Waals surface area contributed by atoms with E-state index in [2.05, 4.69) is 28.2 Å². The average molecular weight is 320 g/mol. The fourth-order valence-electron chi connectivity index (χ4n) is 3.81. The van der Waals surface area contributed by atoms with Crippen LogP contribution in [0.2, 0.25) is 0 Å². The van der Waals surface area contributed by atoms with Crippen LogP contribution < -0.4 is 5.48 Å². The normalized spacial score (nSPS) is 20.7. The van der Waals surface area contributed by atoms with Crippen molar-refractivity contribution >= 4 is 5.91 Å². The van der Waals surface area contributed by atoms with Crippen molar-refractivity contribution in [3.8, 4) is 0 Å². The molecule has 1 fully saturated rings. The second-order valence-electron chi connectivity index (χ2n) is 7.16. The van der Waals surface area contributed by atoms with E-state index in [1.54, 1.807) is 5.48 Å². The molecule has 2 aliphatic heterocycles. The number of amides is 1. The predicted octanol–water partition coefficient (Wildman–Crippen LogP) is 1.54. The standard InChI is InChI=1S/C17H28N4O2/c1-13(2)20-5-3-14(4-6-20)10-19-7-8-21-11-15(17(22)18-23)9-16(21)12-19/h9,11,13-14,23H,3-8,10,12H2,1-2H3,(H,18,22). The molecule has 1 saturated heterocycles. The third-order valence-corrected chi connectivity index (χ3v) is 5.29. The molecule has 1 amide bonds. The van der Waals surface area contributed by atoms with Gasteiger partial charge in [-0.3, -0.25) is 14.9 Å². The second kappa shape index (κ2) is 7.03. The fourth-order valence-corrected chi connectivity index (χ4v) is 3.81. The van der Waals surface area contributed by atoms with Gasteiger partial charge in [-0.15, -0.1) is 0 Å². The summed E-state index contributed by atoms with van der Waals surface area (Å²) in [5, 5.41) is 8.75. The smallest absolute Gasteiger partial charge is 0.276 e. The van der Waals surface area contributed by atoms with Crippen LogP contribution >= 0.6 is 0 Å². The molecular weight excluding hydrogens is 292 g/mol. The average Bonchev–Trinajstić information content (AvgIpc) is 2.98. The third kappa shape index (κ3) is 3.76. The number of piperidine rings is 1. The van der Waals surface area contributed by atoms with Crippen molar-refractivity contribution in [3.05, 3.63) is 23.5 Å². The fraction of sp³-hybridized carbons (Fsp3) is 0.706. The molecule has 6 nitrogen and oxygen atoms in total. The molecule has 0 unspecified atom stereocenters. The SMILES string of the molecule is CC(C)N1CCC(CN2CCn3cc(C(=O)NO)cc3C2)CC1. The Labute approximate surface area is 138 Å². The van der Waals surface area contributed by atoms with Crippen molar-refractivity contribution in [2.24, 2.45) is 5.92 Å².